The van der Waals surface area contributed by atoms with Crippen molar-refractivity contribution in [1.29, 1.82) is 0 Å². The average Bonchev–Trinajstić information content (AvgIpc) is 3.02. The van der Waals surface area contributed by atoms with Gasteiger partial charge in [0.25, 0.3) is 0 Å². The smallest absolute Gasteiger partial charge is 0.240 e. The van der Waals surface area contributed by atoms with Crippen molar-refractivity contribution in [2.75, 3.05) is 49.1 Å². The van der Waals surface area contributed by atoms with E-state index in [-0.39, 0.29) is 11.9 Å². The van der Waals surface area contributed by atoms with Crippen LogP contribution in [0.4, 0.5) is 5.13 Å². The third-order valence-electron chi connectivity index (χ3n) is 3.50. The maximum absolute atomic E-state index is 12.4. The lowest BCUT2D eigenvalue weighted by molar-refractivity contribution is -0.133. The van der Waals surface area contributed by atoms with Gasteiger partial charge < -0.3 is 15.1 Å². The lowest BCUT2D eigenvalue weighted by Crippen LogP contribution is -2.56. The van der Waals surface area contributed by atoms with Crippen LogP contribution >= 0.6 is 23.1 Å². The van der Waals surface area contributed by atoms with Gasteiger partial charge in [0, 0.05) is 55.8 Å². The number of nitrogens with zero attached hydrogens (tertiary/aromatic N) is 3. The molecule has 1 amide bonds. The quantitative estimate of drug-likeness (QED) is 0.861. The molecule has 19 heavy (non-hydrogen) atoms. The van der Waals surface area contributed by atoms with Gasteiger partial charge in [-0.15, -0.1) is 11.3 Å². The van der Waals surface area contributed by atoms with E-state index in [1.165, 1.54) is 0 Å². The molecular formula is C12H18N4OS2. The van der Waals surface area contributed by atoms with Crippen molar-refractivity contribution < 1.29 is 4.79 Å². The molecule has 1 unspecified atom stereocenters. The summed E-state index contributed by atoms with van der Waals surface area (Å²) >= 11 is 3.53. The van der Waals surface area contributed by atoms with Gasteiger partial charge >= 0.3 is 0 Å². The van der Waals surface area contributed by atoms with Crippen molar-refractivity contribution in [2.45, 2.75) is 6.04 Å². The Kier molecular flexibility index (Phi) is 4.24. The average molecular weight is 298 g/mol. The molecule has 5 nitrogen and oxygen atoms in total. The molecule has 1 aromatic rings. The van der Waals surface area contributed by atoms with Crippen LogP contribution in [0.25, 0.3) is 0 Å². The number of rotatable bonds is 2. The molecule has 2 saturated heterocycles. The van der Waals surface area contributed by atoms with E-state index in [1.807, 2.05) is 28.2 Å². The summed E-state index contributed by atoms with van der Waals surface area (Å²) in [6.07, 6.45) is 1.83. The zero-order chi connectivity index (χ0) is 13.1. The Hall–Kier alpha value is -0.790. The normalized spacial score (nSPS) is 24.5. The molecule has 1 atom stereocenters. The summed E-state index contributed by atoms with van der Waals surface area (Å²) in [4.78, 5) is 20.9. The zero-order valence-corrected chi connectivity index (χ0v) is 12.4. The lowest BCUT2D eigenvalue weighted by atomic mass is 10.2. The molecule has 1 N–H and O–H groups in total. The van der Waals surface area contributed by atoms with Gasteiger partial charge in [-0.2, -0.15) is 11.8 Å². The number of carbonyl (C=O) groups is 1. The monoisotopic (exact) mass is 298 g/mol. The maximum atomic E-state index is 12.4. The van der Waals surface area contributed by atoms with Crippen LogP contribution in [0.1, 0.15) is 0 Å². The molecule has 1 aromatic heterocycles. The first-order valence-corrected chi connectivity index (χ1v) is 8.62. The third kappa shape index (κ3) is 3.04. The number of thiazole rings is 1. The number of carbonyl (C=O) groups excluding carboxylic acids is 1. The molecule has 0 radical (unpaired) electrons. The lowest BCUT2D eigenvalue weighted by Gasteiger charge is -2.37. The molecule has 3 rings (SSSR count). The predicted molar refractivity (Wildman–Crippen MR) is 80.0 cm³/mol. The molecule has 104 valence electrons. The van der Waals surface area contributed by atoms with Crippen molar-refractivity contribution in [3.05, 3.63) is 11.6 Å². The van der Waals surface area contributed by atoms with E-state index in [4.69, 9.17) is 0 Å². The van der Waals surface area contributed by atoms with Gasteiger partial charge in [-0.1, -0.05) is 0 Å². The number of nitrogens with one attached hydrogen (secondary N) is 1. The van der Waals surface area contributed by atoms with Gasteiger partial charge in [0.2, 0.25) is 5.91 Å². The van der Waals surface area contributed by atoms with Crippen LogP contribution in [0.2, 0.25) is 0 Å². The molecule has 2 aliphatic heterocycles. The Balaban J connectivity index is 1.53. The van der Waals surface area contributed by atoms with E-state index in [9.17, 15) is 4.79 Å². The highest BCUT2D eigenvalue weighted by atomic mass is 32.2. The van der Waals surface area contributed by atoms with Crippen molar-refractivity contribution in [2.24, 2.45) is 0 Å². The van der Waals surface area contributed by atoms with Gasteiger partial charge in [-0.05, 0) is 0 Å². The summed E-state index contributed by atoms with van der Waals surface area (Å²) in [6.45, 7) is 4.33. The molecule has 0 aromatic carbocycles. The van der Waals surface area contributed by atoms with Crippen LogP contribution in [0, 0.1) is 0 Å². The summed E-state index contributed by atoms with van der Waals surface area (Å²) in [5, 5.41) is 6.38. The van der Waals surface area contributed by atoms with Crippen molar-refractivity contribution in [1.82, 2.24) is 15.2 Å². The minimum Gasteiger partial charge on any atom is -0.345 e. The Morgan fingerprint density at radius 2 is 2.21 bits per heavy atom. The second-order valence-corrected chi connectivity index (χ2v) is 6.73. The van der Waals surface area contributed by atoms with E-state index >= 15 is 0 Å². The number of anilines is 1. The fraction of sp³-hybridized carbons (Fsp3) is 0.667. The van der Waals surface area contributed by atoms with Crippen LogP contribution in [-0.4, -0.2) is 66.1 Å². The van der Waals surface area contributed by atoms with E-state index in [2.05, 4.69) is 15.2 Å². The number of thioether (sulfide) groups is 1. The molecule has 2 aliphatic rings. The summed E-state index contributed by atoms with van der Waals surface area (Å²) in [5.41, 5.74) is 0. The summed E-state index contributed by atoms with van der Waals surface area (Å²) in [5.74, 6) is 2.29. The first-order valence-electron chi connectivity index (χ1n) is 6.59. The van der Waals surface area contributed by atoms with Gasteiger partial charge in [-0.25, -0.2) is 4.98 Å². The Morgan fingerprint density at radius 3 is 2.84 bits per heavy atom. The van der Waals surface area contributed by atoms with Crippen molar-refractivity contribution in [3.8, 4) is 0 Å². The highest BCUT2D eigenvalue weighted by molar-refractivity contribution is 7.99. The molecule has 7 heteroatoms. The predicted octanol–water partition coefficient (Wildman–Crippen LogP) is 0.497. The number of aromatic nitrogens is 1. The van der Waals surface area contributed by atoms with E-state index in [1.54, 1.807) is 11.3 Å². The number of amides is 1. The second-order valence-electron chi connectivity index (χ2n) is 4.71. The molecule has 0 spiro atoms. The molecular weight excluding hydrogens is 280 g/mol. The number of hydrogen-bond donors (Lipinski definition) is 1. The molecule has 0 bridgehead atoms. The van der Waals surface area contributed by atoms with Crippen LogP contribution in [0.15, 0.2) is 11.6 Å². The first kappa shape index (κ1) is 13.2. The van der Waals surface area contributed by atoms with E-state index in [0.717, 1.165) is 49.4 Å². The Morgan fingerprint density at radius 1 is 1.37 bits per heavy atom. The summed E-state index contributed by atoms with van der Waals surface area (Å²) in [7, 11) is 0. The second kappa shape index (κ2) is 6.11. The number of piperazine rings is 1. The van der Waals surface area contributed by atoms with E-state index < -0.39 is 0 Å². The topological polar surface area (TPSA) is 48.5 Å². The largest absolute Gasteiger partial charge is 0.345 e. The molecule has 2 fully saturated rings. The fourth-order valence-corrected chi connectivity index (χ4v) is 4.06. The number of hydrogen-bond acceptors (Lipinski definition) is 6. The van der Waals surface area contributed by atoms with Crippen molar-refractivity contribution in [3.63, 3.8) is 0 Å². The van der Waals surface area contributed by atoms with Gasteiger partial charge in [0.15, 0.2) is 5.13 Å². The minimum absolute atomic E-state index is 0.0187. The van der Waals surface area contributed by atoms with Crippen LogP contribution < -0.4 is 10.2 Å². The highest BCUT2D eigenvalue weighted by Gasteiger charge is 2.28. The standard InChI is InChI=1S/C12H18N4OS2/c17-11(10-9-18-7-1-13-10)15-3-5-16(6-4-15)12-14-2-8-19-12/h2,8,10,13H,1,3-7,9H2. The van der Waals surface area contributed by atoms with Crippen molar-refractivity contribution >= 4 is 34.1 Å². The van der Waals surface area contributed by atoms with Crippen LogP contribution in [-0.2, 0) is 4.79 Å². The molecule has 0 aliphatic carbocycles. The Labute approximate surface area is 121 Å². The van der Waals surface area contributed by atoms with Crippen LogP contribution in [0.5, 0.6) is 0 Å². The third-order valence-corrected chi connectivity index (χ3v) is 5.39. The zero-order valence-electron chi connectivity index (χ0n) is 10.7. The van der Waals surface area contributed by atoms with Crippen LogP contribution in [0.3, 0.4) is 0 Å². The fourth-order valence-electron chi connectivity index (χ4n) is 2.43. The van der Waals surface area contributed by atoms with Gasteiger partial charge in [0.1, 0.15) is 0 Å². The van der Waals surface area contributed by atoms with E-state index in [0.29, 0.717) is 0 Å². The highest BCUT2D eigenvalue weighted by Crippen LogP contribution is 2.19. The summed E-state index contributed by atoms with van der Waals surface area (Å²) in [6, 6.07) is 0.0187. The van der Waals surface area contributed by atoms with Gasteiger partial charge in [0.05, 0.1) is 6.04 Å². The first-order chi connectivity index (χ1) is 9.34. The minimum atomic E-state index is 0.0187. The SMILES string of the molecule is O=C(C1CSCCN1)N1CCN(c2nccs2)CC1. The molecule has 3 heterocycles. The summed E-state index contributed by atoms with van der Waals surface area (Å²) < 4.78 is 0. The maximum Gasteiger partial charge on any atom is 0.240 e. The molecule has 0 saturated carbocycles. The van der Waals surface area contributed by atoms with Gasteiger partial charge in [-0.3, -0.25) is 4.79 Å². The Bertz CT molecular complexity index is 411.